The summed E-state index contributed by atoms with van der Waals surface area (Å²) in [4.78, 5) is 12.1. The average Bonchev–Trinajstić information content (AvgIpc) is 2.63. The molecule has 1 aromatic carbocycles. The number of carbonyl (C=O) groups excluding carboxylic acids is 1. The van der Waals surface area contributed by atoms with Gasteiger partial charge in [0.15, 0.2) is 6.10 Å². The number of amides is 1. The van der Waals surface area contributed by atoms with Gasteiger partial charge < -0.3 is 10.1 Å². The minimum Gasteiger partial charge on any atom is -0.478 e. The van der Waals surface area contributed by atoms with Gasteiger partial charge in [-0.1, -0.05) is 19.1 Å². The smallest absolute Gasteiger partial charge is 0.261 e. The van der Waals surface area contributed by atoms with Crippen molar-refractivity contribution in [2.75, 3.05) is 23.7 Å². The molecule has 1 N–H and O–H groups in total. The summed E-state index contributed by atoms with van der Waals surface area (Å²) >= 11 is 0. The van der Waals surface area contributed by atoms with Crippen LogP contribution in [0.5, 0.6) is 5.75 Å². The van der Waals surface area contributed by atoms with E-state index in [0.717, 1.165) is 12.7 Å². The van der Waals surface area contributed by atoms with Crippen LogP contribution in [0, 0.1) is 0 Å². The van der Waals surface area contributed by atoms with Crippen LogP contribution in [-0.4, -0.2) is 39.8 Å². The molecule has 1 aliphatic heterocycles. The first-order valence-electron chi connectivity index (χ1n) is 6.94. The third-order valence-corrected chi connectivity index (χ3v) is 4.42. The highest BCUT2D eigenvalue weighted by molar-refractivity contribution is 7.92. The molecule has 0 spiro atoms. The maximum absolute atomic E-state index is 12.1. The van der Waals surface area contributed by atoms with Crippen molar-refractivity contribution in [2.24, 2.45) is 0 Å². The number of sulfonamides is 1. The van der Waals surface area contributed by atoms with Crippen molar-refractivity contribution >= 4 is 21.6 Å². The molecule has 1 aromatic rings. The number of carbonyl (C=O) groups is 1. The number of rotatable bonds is 4. The topological polar surface area (TPSA) is 75.7 Å². The number of hydrogen-bond acceptors (Lipinski definition) is 4. The lowest BCUT2D eigenvalue weighted by atomic mass is 10.2. The Morgan fingerprint density at radius 1 is 1.43 bits per heavy atom. The molecular weight excluding hydrogens is 292 g/mol. The summed E-state index contributed by atoms with van der Waals surface area (Å²) in [5.41, 5.74) is 0.478. The lowest BCUT2D eigenvalue weighted by Gasteiger charge is -2.20. The predicted molar refractivity (Wildman–Crippen MR) is 81.0 cm³/mol. The minimum atomic E-state index is -3.41. The molecule has 21 heavy (non-hydrogen) atoms. The number of ether oxygens (including phenoxy) is 1. The van der Waals surface area contributed by atoms with Crippen LogP contribution in [0.25, 0.3) is 0 Å². The van der Waals surface area contributed by atoms with E-state index in [2.05, 4.69) is 5.32 Å². The molecule has 0 aliphatic carbocycles. The van der Waals surface area contributed by atoms with Crippen LogP contribution >= 0.6 is 0 Å². The SMILES string of the molecule is CCCNC(=O)[C@@H]1CCN(S(C)(=O)=O)c2ccccc2O1. The van der Waals surface area contributed by atoms with Gasteiger partial charge in [0.25, 0.3) is 5.91 Å². The lowest BCUT2D eigenvalue weighted by molar-refractivity contribution is -0.128. The van der Waals surface area contributed by atoms with E-state index in [1.54, 1.807) is 24.3 Å². The van der Waals surface area contributed by atoms with Crippen LogP contribution in [0.15, 0.2) is 24.3 Å². The van der Waals surface area contributed by atoms with Crippen molar-refractivity contribution in [1.29, 1.82) is 0 Å². The van der Waals surface area contributed by atoms with E-state index >= 15 is 0 Å². The maximum Gasteiger partial charge on any atom is 0.261 e. The third-order valence-electron chi connectivity index (χ3n) is 3.24. The quantitative estimate of drug-likeness (QED) is 0.904. The van der Waals surface area contributed by atoms with Crippen molar-refractivity contribution in [2.45, 2.75) is 25.9 Å². The first-order chi connectivity index (χ1) is 9.93. The number of benzene rings is 1. The maximum atomic E-state index is 12.1. The number of nitrogens with zero attached hydrogens (tertiary/aromatic N) is 1. The lowest BCUT2D eigenvalue weighted by Crippen LogP contribution is -2.40. The molecule has 1 heterocycles. The molecule has 1 aliphatic rings. The van der Waals surface area contributed by atoms with Gasteiger partial charge in [-0.25, -0.2) is 8.42 Å². The van der Waals surface area contributed by atoms with E-state index < -0.39 is 16.1 Å². The highest BCUT2D eigenvalue weighted by Gasteiger charge is 2.30. The standard InChI is InChI=1S/C14H20N2O4S/c1-3-9-15-14(17)13-8-10-16(21(2,18)19)11-6-4-5-7-12(11)20-13/h4-7,13H,3,8-10H2,1-2H3,(H,15,17)/t13-/m0/s1. The molecule has 0 bridgehead atoms. The Hall–Kier alpha value is -1.76. The number of anilines is 1. The highest BCUT2D eigenvalue weighted by Crippen LogP contribution is 2.33. The Morgan fingerprint density at radius 3 is 2.81 bits per heavy atom. The van der Waals surface area contributed by atoms with Gasteiger partial charge in [-0.05, 0) is 18.6 Å². The van der Waals surface area contributed by atoms with Crippen molar-refractivity contribution in [1.82, 2.24) is 5.32 Å². The number of para-hydroxylation sites is 2. The first-order valence-corrected chi connectivity index (χ1v) is 8.79. The van der Waals surface area contributed by atoms with E-state index in [9.17, 15) is 13.2 Å². The van der Waals surface area contributed by atoms with E-state index in [1.807, 2.05) is 6.92 Å². The molecule has 0 radical (unpaired) electrons. The summed E-state index contributed by atoms with van der Waals surface area (Å²) in [5, 5.41) is 2.78. The monoisotopic (exact) mass is 312 g/mol. The normalized spacial score (nSPS) is 18.4. The van der Waals surface area contributed by atoms with Gasteiger partial charge in [-0.3, -0.25) is 9.10 Å². The van der Waals surface area contributed by atoms with Gasteiger partial charge in [-0.2, -0.15) is 0 Å². The molecule has 2 rings (SSSR count). The van der Waals surface area contributed by atoms with Gasteiger partial charge >= 0.3 is 0 Å². The van der Waals surface area contributed by atoms with Crippen LogP contribution in [0.4, 0.5) is 5.69 Å². The largest absolute Gasteiger partial charge is 0.478 e. The minimum absolute atomic E-state index is 0.206. The van der Waals surface area contributed by atoms with Crippen LogP contribution in [0.3, 0.4) is 0 Å². The zero-order valence-electron chi connectivity index (χ0n) is 12.2. The summed E-state index contributed by atoms with van der Waals surface area (Å²) in [5.74, 6) is 0.207. The summed E-state index contributed by atoms with van der Waals surface area (Å²) < 4.78 is 30.9. The Bertz CT molecular complexity index is 615. The van der Waals surface area contributed by atoms with Gasteiger partial charge in [0.05, 0.1) is 11.9 Å². The number of fused-ring (bicyclic) bond motifs is 1. The molecule has 0 saturated carbocycles. The van der Waals surface area contributed by atoms with E-state index in [-0.39, 0.29) is 12.5 Å². The van der Waals surface area contributed by atoms with Crippen LogP contribution in [0.1, 0.15) is 19.8 Å². The summed E-state index contributed by atoms with van der Waals surface area (Å²) in [6, 6.07) is 6.87. The van der Waals surface area contributed by atoms with Gasteiger partial charge in [-0.15, -0.1) is 0 Å². The first kappa shape index (κ1) is 15.6. The zero-order valence-corrected chi connectivity index (χ0v) is 13.0. The molecule has 1 amide bonds. The Kier molecular flexibility index (Phi) is 4.72. The molecule has 7 heteroatoms. The fourth-order valence-electron chi connectivity index (χ4n) is 2.22. The van der Waals surface area contributed by atoms with Crippen LogP contribution in [-0.2, 0) is 14.8 Å². The molecular formula is C14H20N2O4S. The Morgan fingerprint density at radius 2 is 2.14 bits per heavy atom. The predicted octanol–water partition coefficient (Wildman–Crippen LogP) is 1.13. The fraction of sp³-hybridized carbons (Fsp3) is 0.500. The number of nitrogens with one attached hydrogen (secondary N) is 1. The zero-order chi connectivity index (χ0) is 15.5. The van der Waals surface area contributed by atoms with E-state index in [1.165, 1.54) is 4.31 Å². The second-order valence-corrected chi connectivity index (χ2v) is 6.90. The molecule has 0 saturated heterocycles. The van der Waals surface area contributed by atoms with Crippen LogP contribution in [0.2, 0.25) is 0 Å². The Labute approximate surface area is 125 Å². The van der Waals surface area contributed by atoms with E-state index in [0.29, 0.717) is 24.4 Å². The molecule has 0 aromatic heterocycles. The molecule has 0 unspecified atom stereocenters. The molecule has 6 nitrogen and oxygen atoms in total. The van der Waals surface area contributed by atoms with Crippen molar-refractivity contribution in [3.05, 3.63) is 24.3 Å². The highest BCUT2D eigenvalue weighted by atomic mass is 32.2. The van der Waals surface area contributed by atoms with Gasteiger partial charge in [0, 0.05) is 19.5 Å². The van der Waals surface area contributed by atoms with Crippen molar-refractivity contribution in [3.63, 3.8) is 0 Å². The second-order valence-electron chi connectivity index (χ2n) is 4.99. The molecule has 0 fully saturated rings. The second kappa shape index (κ2) is 6.34. The average molecular weight is 312 g/mol. The Balaban J connectivity index is 2.28. The third kappa shape index (κ3) is 3.66. The summed E-state index contributed by atoms with van der Waals surface area (Å²) in [6.45, 7) is 2.77. The fourth-order valence-corrected chi connectivity index (χ4v) is 3.17. The molecule has 1 atom stereocenters. The van der Waals surface area contributed by atoms with Crippen LogP contribution < -0.4 is 14.4 Å². The number of hydrogen-bond donors (Lipinski definition) is 1. The van der Waals surface area contributed by atoms with Crippen molar-refractivity contribution in [3.8, 4) is 5.75 Å². The van der Waals surface area contributed by atoms with Crippen molar-refractivity contribution < 1.29 is 17.9 Å². The summed E-state index contributed by atoms with van der Waals surface area (Å²) in [7, 11) is -3.41. The summed E-state index contributed by atoms with van der Waals surface area (Å²) in [6.07, 6.45) is 1.63. The van der Waals surface area contributed by atoms with Gasteiger partial charge in [0.1, 0.15) is 5.75 Å². The van der Waals surface area contributed by atoms with E-state index in [4.69, 9.17) is 4.74 Å². The van der Waals surface area contributed by atoms with Gasteiger partial charge in [0.2, 0.25) is 10.0 Å². The molecule has 116 valence electrons.